The lowest BCUT2D eigenvalue weighted by atomic mass is 10.2. The van der Waals surface area contributed by atoms with E-state index in [4.69, 9.17) is 18.9 Å². The van der Waals surface area contributed by atoms with Crippen LogP contribution in [0, 0.1) is 0 Å². The van der Waals surface area contributed by atoms with Gasteiger partial charge in [-0.15, -0.1) is 0 Å². The Hall–Kier alpha value is -1.60. The maximum absolute atomic E-state index is 11.7. The molecule has 0 aromatic heterocycles. The first-order chi connectivity index (χ1) is 10.5. The lowest BCUT2D eigenvalue weighted by molar-refractivity contribution is -0.143. The maximum Gasteiger partial charge on any atom is 0.407 e. The average molecular weight is 329 g/mol. The minimum Gasteiger partial charge on any atom is -0.463 e. The Balaban J connectivity index is 2.59. The van der Waals surface area contributed by atoms with Crippen LogP contribution in [-0.4, -0.2) is 48.8 Å². The van der Waals surface area contributed by atoms with Gasteiger partial charge in [-0.2, -0.15) is 0 Å². The number of ether oxygens (including phenoxy) is 4. The summed E-state index contributed by atoms with van der Waals surface area (Å²) in [5.74, 6) is -1.25. The largest absolute Gasteiger partial charge is 0.463 e. The van der Waals surface area contributed by atoms with Crippen molar-refractivity contribution in [3.8, 4) is 0 Å². The molecule has 0 aliphatic carbocycles. The van der Waals surface area contributed by atoms with Crippen molar-refractivity contribution in [1.29, 1.82) is 0 Å². The smallest absolute Gasteiger partial charge is 0.407 e. The number of alkyl carbamates (subject to hydrolysis) is 1. The quantitative estimate of drug-likeness (QED) is 0.615. The van der Waals surface area contributed by atoms with Crippen molar-refractivity contribution in [3.05, 3.63) is 12.2 Å². The predicted octanol–water partition coefficient (Wildman–Crippen LogP) is 2.15. The van der Waals surface area contributed by atoms with Crippen molar-refractivity contribution in [2.24, 2.45) is 0 Å². The Bertz CT molecular complexity index is 452. The molecule has 0 aromatic carbocycles. The Morgan fingerprint density at radius 2 is 1.91 bits per heavy atom. The molecule has 1 heterocycles. The molecule has 7 heteroatoms. The number of nitrogens with one attached hydrogen (secondary N) is 1. The van der Waals surface area contributed by atoms with E-state index in [9.17, 15) is 9.59 Å². The molecule has 1 aliphatic heterocycles. The van der Waals surface area contributed by atoms with Crippen molar-refractivity contribution >= 4 is 12.1 Å². The van der Waals surface area contributed by atoms with Crippen molar-refractivity contribution in [1.82, 2.24) is 5.32 Å². The minimum absolute atomic E-state index is 0.205. The molecule has 2 atom stereocenters. The van der Waals surface area contributed by atoms with Gasteiger partial charge in [0.25, 0.3) is 0 Å². The van der Waals surface area contributed by atoms with Crippen molar-refractivity contribution in [2.45, 2.75) is 65.1 Å². The van der Waals surface area contributed by atoms with Crippen LogP contribution in [0.15, 0.2) is 12.2 Å². The lowest BCUT2D eigenvalue weighted by Gasteiger charge is -2.21. The lowest BCUT2D eigenvalue weighted by Crippen LogP contribution is -2.40. The zero-order valence-electron chi connectivity index (χ0n) is 14.7. The summed E-state index contributed by atoms with van der Waals surface area (Å²) in [7, 11) is 0. The summed E-state index contributed by atoms with van der Waals surface area (Å²) in [6.45, 7) is 11.1. The van der Waals surface area contributed by atoms with E-state index < -0.39 is 35.7 Å². The molecule has 1 saturated heterocycles. The van der Waals surface area contributed by atoms with Gasteiger partial charge in [-0.1, -0.05) is 0 Å². The molecular weight excluding hydrogens is 302 g/mol. The number of hydrogen-bond acceptors (Lipinski definition) is 6. The van der Waals surface area contributed by atoms with Gasteiger partial charge in [0.1, 0.15) is 17.8 Å². The summed E-state index contributed by atoms with van der Waals surface area (Å²) in [5, 5.41) is 2.65. The van der Waals surface area contributed by atoms with Gasteiger partial charge < -0.3 is 24.3 Å². The van der Waals surface area contributed by atoms with Gasteiger partial charge in [-0.25, -0.2) is 9.59 Å². The van der Waals surface area contributed by atoms with Crippen molar-refractivity contribution in [2.75, 3.05) is 13.2 Å². The molecule has 0 bridgehead atoms. The average Bonchev–Trinajstić information content (AvgIpc) is 2.67. The molecule has 0 saturated carbocycles. The highest BCUT2D eigenvalue weighted by atomic mass is 16.8. The molecular formula is C16H27NO6. The van der Waals surface area contributed by atoms with Crippen molar-refractivity contribution < 1.29 is 28.5 Å². The molecule has 0 unspecified atom stereocenters. The molecule has 0 aromatic rings. The van der Waals surface area contributed by atoms with E-state index in [-0.39, 0.29) is 6.54 Å². The molecule has 1 rings (SSSR count). The topological polar surface area (TPSA) is 83.1 Å². The second-order valence-electron chi connectivity index (χ2n) is 6.63. The SMILES string of the molecule is CCOC(=O)/C=C\[C@H]1OC(C)(C)O[C@H]1CNC(=O)OC(C)(C)C. The summed E-state index contributed by atoms with van der Waals surface area (Å²) in [5.41, 5.74) is -0.570. The Kier molecular flexibility index (Phi) is 6.58. The van der Waals surface area contributed by atoms with E-state index in [0.29, 0.717) is 6.61 Å². The molecule has 1 N–H and O–H groups in total. The fraction of sp³-hybridized carbons (Fsp3) is 0.750. The Labute approximate surface area is 137 Å². The van der Waals surface area contributed by atoms with Gasteiger partial charge in [-0.05, 0) is 47.6 Å². The Morgan fingerprint density at radius 1 is 1.26 bits per heavy atom. The minimum atomic E-state index is -0.802. The predicted molar refractivity (Wildman–Crippen MR) is 83.8 cm³/mol. The van der Waals surface area contributed by atoms with Crippen LogP contribution in [0.4, 0.5) is 4.79 Å². The highest BCUT2D eigenvalue weighted by Gasteiger charge is 2.40. The van der Waals surface area contributed by atoms with Crippen LogP contribution in [0.1, 0.15) is 41.5 Å². The highest BCUT2D eigenvalue weighted by Crippen LogP contribution is 2.28. The third-order valence-corrected chi connectivity index (χ3v) is 2.78. The molecule has 1 aliphatic rings. The molecule has 7 nitrogen and oxygen atoms in total. The molecule has 1 fully saturated rings. The normalized spacial score (nSPS) is 23.7. The van der Waals surface area contributed by atoms with Gasteiger partial charge >= 0.3 is 12.1 Å². The first-order valence-corrected chi connectivity index (χ1v) is 7.70. The fourth-order valence-electron chi connectivity index (χ4n) is 2.05. The van der Waals surface area contributed by atoms with Crippen LogP contribution in [0.3, 0.4) is 0 Å². The van der Waals surface area contributed by atoms with Gasteiger partial charge in [0, 0.05) is 6.08 Å². The summed E-state index contributed by atoms with van der Waals surface area (Å²) in [6.07, 6.45) is 1.46. The number of hydrogen-bond donors (Lipinski definition) is 1. The highest BCUT2D eigenvalue weighted by molar-refractivity contribution is 5.82. The molecule has 132 valence electrons. The molecule has 1 amide bonds. The summed E-state index contributed by atoms with van der Waals surface area (Å²) < 4.78 is 21.5. The van der Waals surface area contributed by atoms with Crippen molar-refractivity contribution in [3.63, 3.8) is 0 Å². The second-order valence-corrected chi connectivity index (χ2v) is 6.63. The number of carbonyl (C=O) groups is 2. The van der Waals surface area contributed by atoms with Crippen LogP contribution < -0.4 is 5.32 Å². The van der Waals surface area contributed by atoms with Crippen LogP contribution >= 0.6 is 0 Å². The van der Waals surface area contributed by atoms with E-state index in [0.717, 1.165) is 0 Å². The van der Waals surface area contributed by atoms with Crippen LogP contribution in [0.25, 0.3) is 0 Å². The van der Waals surface area contributed by atoms with Gasteiger partial charge in [0.05, 0.1) is 13.2 Å². The van der Waals surface area contributed by atoms with E-state index in [1.165, 1.54) is 6.08 Å². The number of esters is 1. The summed E-state index contributed by atoms with van der Waals surface area (Å²) in [6, 6.07) is 0. The number of amides is 1. The zero-order valence-corrected chi connectivity index (χ0v) is 14.7. The third kappa shape index (κ3) is 7.47. The zero-order chi connectivity index (χ0) is 17.7. The molecule has 0 radical (unpaired) electrons. The second kappa shape index (κ2) is 7.79. The van der Waals surface area contributed by atoms with Gasteiger partial charge in [0.2, 0.25) is 0 Å². The summed E-state index contributed by atoms with van der Waals surface area (Å²) >= 11 is 0. The maximum atomic E-state index is 11.7. The standard InChI is InChI=1S/C16H27NO6/c1-7-20-13(18)9-8-11-12(22-16(5,6)21-11)10-17-14(19)23-15(2,3)4/h8-9,11-12H,7,10H2,1-6H3,(H,17,19)/b9-8-/t11-,12+/m1/s1. The fourth-order valence-corrected chi connectivity index (χ4v) is 2.05. The van der Waals surface area contributed by atoms with Gasteiger partial charge in [-0.3, -0.25) is 0 Å². The molecule has 23 heavy (non-hydrogen) atoms. The first kappa shape index (κ1) is 19.4. The van der Waals surface area contributed by atoms with Crippen LogP contribution in [0.5, 0.6) is 0 Å². The van der Waals surface area contributed by atoms with E-state index in [1.54, 1.807) is 47.6 Å². The van der Waals surface area contributed by atoms with Crippen LogP contribution in [-0.2, 0) is 23.7 Å². The number of rotatable bonds is 5. The monoisotopic (exact) mass is 329 g/mol. The molecule has 0 spiro atoms. The van der Waals surface area contributed by atoms with Gasteiger partial charge in [0.15, 0.2) is 5.79 Å². The number of carbonyl (C=O) groups excluding carboxylic acids is 2. The van der Waals surface area contributed by atoms with Crippen LogP contribution in [0.2, 0.25) is 0 Å². The third-order valence-electron chi connectivity index (χ3n) is 2.78. The first-order valence-electron chi connectivity index (χ1n) is 7.70. The van der Waals surface area contributed by atoms with E-state index in [1.807, 2.05) is 0 Å². The van der Waals surface area contributed by atoms with E-state index in [2.05, 4.69) is 5.32 Å². The van der Waals surface area contributed by atoms with E-state index >= 15 is 0 Å². The summed E-state index contributed by atoms with van der Waals surface area (Å²) in [4.78, 5) is 23.1. The Morgan fingerprint density at radius 3 is 2.48 bits per heavy atom.